The molecule has 1 amide bonds. The van der Waals surface area contributed by atoms with E-state index in [2.05, 4.69) is 5.32 Å². The van der Waals surface area contributed by atoms with Gasteiger partial charge in [-0.2, -0.15) is 4.31 Å². The van der Waals surface area contributed by atoms with E-state index in [-0.39, 0.29) is 12.5 Å². The molecule has 162 valence electrons. The number of nitrogens with zero attached hydrogens (tertiary/aromatic N) is 1. The van der Waals surface area contributed by atoms with E-state index in [1.165, 1.54) is 4.31 Å². The van der Waals surface area contributed by atoms with E-state index in [1.807, 2.05) is 55.5 Å². The number of nitrogens with one attached hydrogen (secondary N) is 1. The van der Waals surface area contributed by atoms with Gasteiger partial charge in [0.1, 0.15) is 5.75 Å². The zero-order chi connectivity index (χ0) is 21.7. The van der Waals surface area contributed by atoms with E-state index in [4.69, 9.17) is 4.74 Å². The molecule has 2 aromatic carbocycles. The van der Waals surface area contributed by atoms with Crippen LogP contribution < -0.4 is 10.1 Å². The van der Waals surface area contributed by atoms with Crippen molar-refractivity contribution in [1.82, 2.24) is 9.62 Å². The van der Waals surface area contributed by atoms with Crippen molar-refractivity contribution in [2.45, 2.75) is 31.9 Å². The minimum Gasteiger partial charge on any atom is -0.497 e. The predicted octanol–water partition coefficient (Wildman–Crippen LogP) is 3.08. The molecule has 0 aromatic heterocycles. The van der Waals surface area contributed by atoms with Gasteiger partial charge in [-0.25, -0.2) is 8.42 Å². The summed E-state index contributed by atoms with van der Waals surface area (Å²) in [4.78, 5) is 12.7. The Hall–Kier alpha value is -2.38. The largest absolute Gasteiger partial charge is 0.497 e. The van der Waals surface area contributed by atoms with Crippen LogP contribution in [-0.4, -0.2) is 50.6 Å². The summed E-state index contributed by atoms with van der Waals surface area (Å²) in [5.74, 6) is 0.248. The van der Waals surface area contributed by atoms with Crippen molar-refractivity contribution in [3.8, 4) is 16.9 Å². The fourth-order valence-corrected chi connectivity index (χ4v) is 5.40. The first kappa shape index (κ1) is 22.3. The van der Waals surface area contributed by atoms with Crippen molar-refractivity contribution in [3.63, 3.8) is 0 Å². The van der Waals surface area contributed by atoms with Gasteiger partial charge < -0.3 is 10.1 Å². The molecule has 1 saturated heterocycles. The Labute approximate surface area is 179 Å². The Bertz CT molecular complexity index is 973. The molecule has 1 heterocycles. The average molecular weight is 431 g/mol. The molecule has 0 spiro atoms. The summed E-state index contributed by atoms with van der Waals surface area (Å²) in [6.45, 7) is 4.45. The maximum absolute atomic E-state index is 12.9. The normalized spacial score (nSPS) is 19.0. The lowest BCUT2D eigenvalue weighted by Gasteiger charge is -2.26. The van der Waals surface area contributed by atoms with Crippen LogP contribution in [0, 0.1) is 5.92 Å². The second kappa shape index (κ2) is 9.62. The summed E-state index contributed by atoms with van der Waals surface area (Å²) in [6, 6.07) is 15.7. The molecule has 2 atom stereocenters. The number of carbonyl (C=O) groups is 1. The highest BCUT2D eigenvalue weighted by atomic mass is 32.2. The SMILES string of the molecule is CC[C@@H](C)S(=O)(=O)N1CCNC(=O)[C@@H](Cc2ccccc2-c2ccc(OC)cc2)C1. The maximum atomic E-state index is 12.9. The topological polar surface area (TPSA) is 75.7 Å². The predicted molar refractivity (Wildman–Crippen MR) is 119 cm³/mol. The van der Waals surface area contributed by atoms with Crippen molar-refractivity contribution < 1.29 is 17.9 Å². The maximum Gasteiger partial charge on any atom is 0.224 e. The van der Waals surface area contributed by atoms with E-state index in [0.29, 0.717) is 25.9 Å². The van der Waals surface area contributed by atoms with Gasteiger partial charge >= 0.3 is 0 Å². The lowest BCUT2D eigenvalue weighted by atomic mass is 9.91. The van der Waals surface area contributed by atoms with E-state index >= 15 is 0 Å². The molecule has 1 fully saturated rings. The molecular formula is C23H30N2O4S. The van der Waals surface area contributed by atoms with E-state index in [9.17, 15) is 13.2 Å². The first-order valence-corrected chi connectivity index (χ1v) is 11.9. The minimum absolute atomic E-state index is 0.0959. The van der Waals surface area contributed by atoms with Crippen molar-refractivity contribution in [1.29, 1.82) is 0 Å². The van der Waals surface area contributed by atoms with Crippen LogP contribution in [-0.2, 0) is 21.2 Å². The Balaban J connectivity index is 1.88. The van der Waals surface area contributed by atoms with Crippen LogP contribution in [0.1, 0.15) is 25.8 Å². The number of hydrogen-bond acceptors (Lipinski definition) is 4. The number of carbonyl (C=O) groups excluding carboxylic acids is 1. The summed E-state index contributed by atoms with van der Waals surface area (Å²) in [5, 5.41) is 2.43. The Morgan fingerprint density at radius 1 is 1.17 bits per heavy atom. The highest BCUT2D eigenvalue weighted by Gasteiger charge is 2.34. The highest BCUT2D eigenvalue weighted by Crippen LogP contribution is 2.28. The lowest BCUT2D eigenvalue weighted by molar-refractivity contribution is -0.124. The van der Waals surface area contributed by atoms with Gasteiger partial charge in [-0.05, 0) is 48.6 Å². The Morgan fingerprint density at radius 2 is 1.87 bits per heavy atom. The molecule has 6 nitrogen and oxygen atoms in total. The fourth-order valence-electron chi connectivity index (χ4n) is 3.74. The zero-order valence-electron chi connectivity index (χ0n) is 17.8. The standard InChI is InChI=1S/C23H30N2O4S/c1-4-17(2)30(27,28)25-14-13-24-23(26)20(16-25)15-19-7-5-6-8-22(19)18-9-11-21(29-3)12-10-18/h5-12,17,20H,4,13-16H2,1-3H3,(H,24,26)/t17-,20+/m1/s1. The number of amides is 1. The van der Waals surface area contributed by atoms with Gasteiger partial charge in [-0.3, -0.25) is 4.79 Å². The van der Waals surface area contributed by atoms with Crippen LogP contribution in [0.3, 0.4) is 0 Å². The van der Waals surface area contributed by atoms with Crippen LogP contribution in [0.2, 0.25) is 0 Å². The first-order chi connectivity index (χ1) is 14.4. The number of sulfonamides is 1. The third-order valence-electron chi connectivity index (χ3n) is 5.78. The second-order valence-corrected chi connectivity index (χ2v) is 10.1. The van der Waals surface area contributed by atoms with Crippen molar-refractivity contribution >= 4 is 15.9 Å². The van der Waals surface area contributed by atoms with Gasteiger partial charge in [0.25, 0.3) is 0 Å². The Morgan fingerprint density at radius 3 is 2.53 bits per heavy atom. The van der Waals surface area contributed by atoms with Crippen LogP contribution in [0.4, 0.5) is 0 Å². The number of benzene rings is 2. The van der Waals surface area contributed by atoms with Gasteiger partial charge in [-0.1, -0.05) is 43.3 Å². The zero-order valence-corrected chi connectivity index (χ0v) is 18.6. The van der Waals surface area contributed by atoms with Gasteiger partial charge in [0, 0.05) is 19.6 Å². The molecule has 1 aliphatic rings. The average Bonchev–Trinajstić information content (AvgIpc) is 2.95. The van der Waals surface area contributed by atoms with Crippen molar-refractivity contribution in [3.05, 3.63) is 54.1 Å². The summed E-state index contributed by atoms with van der Waals surface area (Å²) in [6.07, 6.45) is 1.02. The summed E-state index contributed by atoms with van der Waals surface area (Å²) in [7, 11) is -1.80. The molecule has 1 aliphatic heterocycles. The first-order valence-electron chi connectivity index (χ1n) is 10.4. The summed E-state index contributed by atoms with van der Waals surface area (Å²) >= 11 is 0. The van der Waals surface area contributed by atoms with E-state index in [1.54, 1.807) is 14.0 Å². The van der Waals surface area contributed by atoms with E-state index < -0.39 is 21.2 Å². The van der Waals surface area contributed by atoms with Gasteiger partial charge in [0.05, 0.1) is 18.3 Å². The number of rotatable bonds is 7. The molecule has 30 heavy (non-hydrogen) atoms. The third kappa shape index (κ3) is 4.84. The minimum atomic E-state index is -3.43. The van der Waals surface area contributed by atoms with Gasteiger partial charge in [0.15, 0.2) is 0 Å². The van der Waals surface area contributed by atoms with Crippen LogP contribution in [0.25, 0.3) is 11.1 Å². The van der Waals surface area contributed by atoms with Gasteiger partial charge in [0.2, 0.25) is 15.9 Å². The molecule has 1 N–H and O–H groups in total. The number of hydrogen-bond donors (Lipinski definition) is 1. The highest BCUT2D eigenvalue weighted by molar-refractivity contribution is 7.89. The van der Waals surface area contributed by atoms with E-state index in [0.717, 1.165) is 22.4 Å². The summed E-state index contributed by atoms with van der Waals surface area (Å²) in [5.41, 5.74) is 3.09. The van der Waals surface area contributed by atoms with Crippen molar-refractivity contribution in [2.75, 3.05) is 26.7 Å². The molecule has 2 aromatic rings. The molecule has 3 rings (SSSR count). The fraction of sp³-hybridized carbons (Fsp3) is 0.435. The molecule has 0 bridgehead atoms. The molecule has 0 radical (unpaired) electrons. The number of ether oxygens (including phenoxy) is 1. The van der Waals surface area contributed by atoms with Crippen LogP contribution in [0.5, 0.6) is 5.75 Å². The molecule has 0 saturated carbocycles. The molecular weight excluding hydrogens is 400 g/mol. The second-order valence-electron chi connectivity index (χ2n) is 7.70. The molecule has 0 unspecified atom stereocenters. The third-order valence-corrected chi connectivity index (χ3v) is 8.18. The van der Waals surface area contributed by atoms with Crippen LogP contribution >= 0.6 is 0 Å². The molecule has 7 heteroatoms. The Kier molecular flexibility index (Phi) is 7.15. The summed E-state index contributed by atoms with van der Waals surface area (Å²) < 4.78 is 32.5. The number of methoxy groups -OCH3 is 1. The van der Waals surface area contributed by atoms with Gasteiger partial charge in [-0.15, -0.1) is 0 Å². The smallest absolute Gasteiger partial charge is 0.224 e. The van der Waals surface area contributed by atoms with Crippen LogP contribution in [0.15, 0.2) is 48.5 Å². The lowest BCUT2D eigenvalue weighted by Crippen LogP contribution is -2.41. The monoisotopic (exact) mass is 430 g/mol. The van der Waals surface area contributed by atoms with Crippen molar-refractivity contribution in [2.24, 2.45) is 5.92 Å². The molecule has 0 aliphatic carbocycles. The quantitative estimate of drug-likeness (QED) is 0.732.